The molecule has 1 atom stereocenters. The van der Waals surface area contributed by atoms with E-state index in [1.807, 2.05) is 0 Å². The van der Waals surface area contributed by atoms with Crippen LogP contribution in [0, 0.1) is 0 Å². The van der Waals surface area contributed by atoms with E-state index in [2.05, 4.69) is 4.99 Å². The standard InChI is InChI=1S/C9H19N3O4/c1-7(11-6-13)12(16)5-3-2-4-8(10)9(14)15/h8,13,16H,2-6,10H2,1H3,(H,14,15). The summed E-state index contributed by atoms with van der Waals surface area (Å²) in [6.07, 6.45) is 1.59. The van der Waals surface area contributed by atoms with Crippen molar-refractivity contribution in [2.45, 2.75) is 32.2 Å². The van der Waals surface area contributed by atoms with E-state index in [0.717, 1.165) is 5.06 Å². The van der Waals surface area contributed by atoms with Crippen LogP contribution in [-0.2, 0) is 4.79 Å². The highest BCUT2D eigenvalue weighted by Gasteiger charge is 2.10. The van der Waals surface area contributed by atoms with Gasteiger partial charge in [-0.25, -0.2) is 10.1 Å². The first-order valence-electron chi connectivity index (χ1n) is 5.05. The van der Waals surface area contributed by atoms with Gasteiger partial charge < -0.3 is 15.9 Å². The number of carboxylic acids is 1. The lowest BCUT2D eigenvalue weighted by molar-refractivity contribution is -0.138. The van der Waals surface area contributed by atoms with E-state index < -0.39 is 12.0 Å². The van der Waals surface area contributed by atoms with Gasteiger partial charge in [-0.15, -0.1) is 0 Å². The molecule has 0 bridgehead atoms. The van der Waals surface area contributed by atoms with Crippen molar-refractivity contribution >= 4 is 11.8 Å². The van der Waals surface area contributed by atoms with Gasteiger partial charge in [-0.3, -0.25) is 10.0 Å². The molecular weight excluding hydrogens is 214 g/mol. The molecule has 0 aliphatic rings. The molecule has 7 heteroatoms. The summed E-state index contributed by atoms with van der Waals surface area (Å²) in [5, 5.41) is 27.3. The third kappa shape index (κ3) is 6.33. The highest BCUT2D eigenvalue weighted by molar-refractivity contribution is 5.78. The number of hydrogen-bond donors (Lipinski definition) is 4. The number of nitrogens with zero attached hydrogens (tertiary/aromatic N) is 2. The molecule has 5 N–H and O–H groups in total. The molecule has 16 heavy (non-hydrogen) atoms. The quantitative estimate of drug-likeness (QED) is 0.206. The number of carbonyl (C=O) groups is 1. The predicted octanol–water partition coefficient (Wildman–Crippen LogP) is -0.372. The monoisotopic (exact) mass is 233 g/mol. The summed E-state index contributed by atoms with van der Waals surface area (Å²) in [5.41, 5.74) is 5.31. The molecule has 7 nitrogen and oxygen atoms in total. The maximum Gasteiger partial charge on any atom is 0.320 e. The van der Waals surface area contributed by atoms with Crippen molar-refractivity contribution in [3.8, 4) is 0 Å². The molecule has 1 unspecified atom stereocenters. The van der Waals surface area contributed by atoms with E-state index in [1.54, 1.807) is 6.92 Å². The molecular formula is C9H19N3O4. The molecule has 0 radical (unpaired) electrons. The normalized spacial score (nSPS) is 13.6. The van der Waals surface area contributed by atoms with Crippen molar-refractivity contribution in [1.29, 1.82) is 0 Å². The minimum absolute atomic E-state index is 0.324. The fourth-order valence-corrected chi connectivity index (χ4v) is 1.10. The van der Waals surface area contributed by atoms with E-state index in [-0.39, 0.29) is 6.73 Å². The topological polar surface area (TPSA) is 119 Å². The van der Waals surface area contributed by atoms with Crippen LogP contribution in [0.3, 0.4) is 0 Å². The summed E-state index contributed by atoms with van der Waals surface area (Å²) < 4.78 is 0. The van der Waals surface area contributed by atoms with E-state index in [9.17, 15) is 10.0 Å². The molecule has 0 saturated heterocycles. The molecule has 0 aliphatic carbocycles. The Hall–Kier alpha value is -1.18. The second kappa shape index (κ2) is 8.03. The Morgan fingerprint density at radius 2 is 2.12 bits per heavy atom. The average Bonchev–Trinajstić information content (AvgIpc) is 2.23. The number of aliphatic imine (C=N–C) groups is 1. The minimum Gasteiger partial charge on any atom is -0.480 e. The maximum absolute atomic E-state index is 10.4. The van der Waals surface area contributed by atoms with Crippen LogP contribution < -0.4 is 5.73 Å². The second-order valence-electron chi connectivity index (χ2n) is 3.41. The Morgan fingerprint density at radius 1 is 1.50 bits per heavy atom. The van der Waals surface area contributed by atoms with Crippen LogP contribution in [0.4, 0.5) is 0 Å². The van der Waals surface area contributed by atoms with Crippen molar-refractivity contribution in [3.63, 3.8) is 0 Å². The van der Waals surface area contributed by atoms with Crippen LogP contribution in [-0.4, -0.2) is 51.6 Å². The highest BCUT2D eigenvalue weighted by Crippen LogP contribution is 2.01. The number of unbranched alkanes of at least 4 members (excludes halogenated alkanes) is 1. The summed E-state index contributed by atoms with van der Waals surface area (Å²) in [7, 11) is 0. The van der Waals surface area contributed by atoms with Crippen molar-refractivity contribution in [3.05, 3.63) is 0 Å². The first-order chi connectivity index (χ1) is 7.49. The van der Waals surface area contributed by atoms with Gasteiger partial charge in [0.1, 0.15) is 18.6 Å². The van der Waals surface area contributed by atoms with Gasteiger partial charge in [0, 0.05) is 6.54 Å². The largest absolute Gasteiger partial charge is 0.480 e. The maximum atomic E-state index is 10.4. The molecule has 0 heterocycles. The van der Waals surface area contributed by atoms with Gasteiger partial charge in [-0.1, -0.05) is 0 Å². The van der Waals surface area contributed by atoms with Gasteiger partial charge in [0.25, 0.3) is 0 Å². The first kappa shape index (κ1) is 14.8. The lowest BCUT2D eigenvalue weighted by atomic mass is 10.1. The van der Waals surface area contributed by atoms with Gasteiger partial charge in [0.15, 0.2) is 0 Å². The Kier molecular flexibility index (Phi) is 7.44. The Balaban J connectivity index is 3.66. The van der Waals surface area contributed by atoms with Crippen molar-refractivity contribution in [2.24, 2.45) is 10.7 Å². The van der Waals surface area contributed by atoms with E-state index in [4.69, 9.17) is 15.9 Å². The number of rotatable bonds is 7. The van der Waals surface area contributed by atoms with E-state index in [1.165, 1.54) is 0 Å². The van der Waals surface area contributed by atoms with Crippen LogP contribution in [0.2, 0.25) is 0 Å². The van der Waals surface area contributed by atoms with Crippen LogP contribution in [0.5, 0.6) is 0 Å². The SMILES string of the molecule is CC(=NCO)N(O)CCCCC(N)C(=O)O. The fraction of sp³-hybridized carbons (Fsp3) is 0.778. The van der Waals surface area contributed by atoms with E-state index >= 15 is 0 Å². The third-order valence-corrected chi connectivity index (χ3v) is 2.13. The molecule has 0 aromatic rings. The lowest BCUT2D eigenvalue weighted by Gasteiger charge is -2.16. The fourth-order valence-electron chi connectivity index (χ4n) is 1.10. The summed E-state index contributed by atoms with van der Waals surface area (Å²) in [5.74, 6) is -0.691. The Labute approximate surface area is 94.2 Å². The number of aliphatic hydroxyl groups is 1. The van der Waals surface area contributed by atoms with Gasteiger partial charge in [0.05, 0.1) is 0 Å². The number of amidine groups is 1. The number of hydroxylamine groups is 2. The summed E-state index contributed by atoms with van der Waals surface area (Å²) in [4.78, 5) is 14.0. The van der Waals surface area contributed by atoms with E-state index in [0.29, 0.717) is 31.6 Å². The van der Waals surface area contributed by atoms with Crippen molar-refractivity contribution in [2.75, 3.05) is 13.3 Å². The van der Waals surface area contributed by atoms with Gasteiger partial charge in [-0.05, 0) is 26.2 Å². The summed E-state index contributed by atoms with van der Waals surface area (Å²) >= 11 is 0. The number of aliphatic hydroxyl groups excluding tert-OH is 1. The first-order valence-corrected chi connectivity index (χ1v) is 5.05. The molecule has 0 aromatic heterocycles. The molecule has 0 amide bonds. The second-order valence-corrected chi connectivity index (χ2v) is 3.41. The Bertz CT molecular complexity index is 245. The van der Waals surface area contributed by atoms with Crippen LogP contribution >= 0.6 is 0 Å². The lowest BCUT2D eigenvalue weighted by Crippen LogP contribution is -2.30. The summed E-state index contributed by atoms with van der Waals surface area (Å²) in [6, 6.07) is -0.848. The van der Waals surface area contributed by atoms with Crippen LogP contribution in [0.15, 0.2) is 4.99 Å². The number of aliphatic carboxylic acids is 1. The molecule has 94 valence electrons. The average molecular weight is 233 g/mol. The van der Waals surface area contributed by atoms with Crippen molar-refractivity contribution < 1.29 is 20.2 Å². The number of carboxylic acid groups (broad SMARTS) is 1. The van der Waals surface area contributed by atoms with Gasteiger partial charge in [-0.2, -0.15) is 0 Å². The Morgan fingerprint density at radius 3 is 2.62 bits per heavy atom. The number of hydrogen-bond acceptors (Lipinski definition) is 5. The van der Waals surface area contributed by atoms with Crippen LogP contribution in [0.1, 0.15) is 26.2 Å². The molecule has 0 saturated carbocycles. The van der Waals surface area contributed by atoms with Crippen molar-refractivity contribution in [1.82, 2.24) is 5.06 Å². The van der Waals surface area contributed by atoms with Gasteiger partial charge >= 0.3 is 5.97 Å². The smallest absolute Gasteiger partial charge is 0.320 e. The molecule has 0 aromatic carbocycles. The predicted molar refractivity (Wildman–Crippen MR) is 58.1 cm³/mol. The highest BCUT2D eigenvalue weighted by atomic mass is 16.5. The van der Waals surface area contributed by atoms with Gasteiger partial charge in [0.2, 0.25) is 0 Å². The molecule has 0 spiro atoms. The minimum atomic E-state index is -1.01. The zero-order valence-corrected chi connectivity index (χ0v) is 9.33. The molecule has 0 aliphatic heterocycles. The zero-order chi connectivity index (χ0) is 12.6. The number of nitrogens with two attached hydrogens (primary N) is 1. The van der Waals surface area contributed by atoms with Crippen LogP contribution in [0.25, 0.3) is 0 Å². The summed E-state index contributed by atoms with van der Waals surface area (Å²) in [6.45, 7) is 1.54. The third-order valence-electron chi connectivity index (χ3n) is 2.13. The molecule has 0 rings (SSSR count). The zero-order valence-electron chi connectivity index (χ0n) is 9.33. The molecule has 0 fully saturated rings.